The van der Waals surface area contributed by atoms with Gasteiger partial charge in [-0.2, -0.15) is 0 Å². The fourth-order valence-corrected chi connectivity index (χ4v) is 11.0. The minimum atomic E-state index is -0.818. The molecule has 2 aliphatic carbocycles. The van der Waals surface area contributed by atoms with Crippen molar-refractivity contribution in [3.05, 3.63) is 70.0 Å². The van der Waals surface area contributed by atoms with Crippen LogP contribution >= 0.6 is 11.6 Å². The number of carbonyl (C=O) groups excluding carboxylic acids is 3. The van der Waals surface area contributed by atoms with Crippen LogP contribution in [0.5, 0.6) is 0 Å². The molecule has 10 rings (SSSR count). The van der Waals surface area contributed by atoms with Crippen LogP contribution in [0.15, 0.2) is 42.6 Å². The smallest absolute Gasteiger partial charge is 0.328 e. The Morgan fingerprint density at radius 2 is 1.71 bits per heavy atom. The van der Waals surface area contributed by atoms with E-state index in [4.69, 9.17) is 26.2 Å². The third-order valence-electron chi connectivity index (χ3n) is 14.7. The van der Waals surface area contributed by atoms with Crippen LogP contribution in [0.25, 0.3) is 5.65 Å². The number of urea groups is 1. The quantitative estimate of drug-likeness (QED) is 0.145. The average molecular weight is 881 g/mol. The normalized spacial score (nSPS) is 23.4. The number of amides is 4. The molecule has 17 heteroatoms. The lowest BCUT2D eigenvalue weighted by molar-refractivity contribution is -0.146. The first-order valence-electron chi connectivity index (χ1n) is 22.5. The fourth-order valence-electron chi connectivity index (χ4n) is 10.8. The number of anilines is 5. The Balaban J connectivity index is 0.730. The highest BCUT2D eigenvalue weighted by molar-refractivity contribution is 6.34. The summed E-state index contributed by atoms with van der Waals surface area (Å²) in [5.41, 5.74) is 7.77. The van der Waals surface area contributed by atoms with Crippen molar-refractivity contribution in [2.24, 2.45) is 5.41 Å². The lowest BCUT2D eigenvalue weighted by Gasteiger charge is -2.53. The van der Waals surface area contributed by atoms with Crippen molar-refractivity contribution in [1.82, 2.24) is 30.1 Å². The lowest BCUT2D eigenvalue weighted by Crippen LogP contribution is -2.52. The SMILES string of the molecule is CNc1cc(N2CCc3c(N4CCC(OC5CC6(CCN(C(O)c7cc(C)c(Cl)c(N8CCC(=O)NC8=O)c7)CC6)C5)CC4)cccc32)nn2c(C(=O)N[C@@H]3CC[C@H]3OC)cnc12. The molecule has 4 N–H and O–H groups in total. The molecule has 5 fully saturated rings. The number of hydrogen-bond donors (Lipinski definition) is 4. The Morgan fingerprint density at radius 1 is 0.952 bits per heavy atom. The number of nitrogens with zero attached hydrogens (tertiary/aromatic N) is 7. The van der Waals surface area contributed by atoms with Crippen molar-refractivity contribution in [3.8, 4) is 0 Å². The second kappa shape index (κ2) is 16.8. The van der Waals surface area contributed by atoms with E-state index in [1.807, 2.05) is 26.1 Å². The number of aliphatic hydroxyl groups is 1. The van der Waals surface area contributed by atoms with Crippen LogP contribution in [0.2, 0.25) is 5.02 Å². The average Bonchev–Trinajstić information content (AvgIpc) is 3.91. The van der Waals surface area contributed by atoms with Gasteiger partial charge in [0.15, 0.2) is 17.2 Å². The molecule has 6 heterocycles. The summed E-state index contributed by atoms with van der Waals surface area (Å²) in [6.07, 6.45) is 10.3. The van der Waals surface area contributed by atoms with E-state index in [9.17, 15) is 19.5 Å². The molecular formula is C46H57ClN10O6. The number of aryl methyl sites for hydroxylation is 1. The summed E-state index contributed by atoms with van der Waals surface area (Å²) >= 11 is 6.63. The molecule has 3 saturated heterocycles. The molecule has 4 amide bonds. The van der Waals surface area contributed by atoms with E-state index >= 15 is 0 Å². The third kappa shape index (κ3) is 7.77. The van der Waals surface area contributed by atoms with Gasteiger partial charge in [0.1, 0.15) is 6.23 Å². The van der Waals surface area contributed by atoms with Crippen LogP contribution in [-0.4, -0.2) is 120 Å². The summed E-state index contributed by atoms with van der Waals surface area (Å²) in [6.45, 7) is 6.33. The topological polar surface area (TPSA) is 169 Å². The van der Waals surface area contributed by atoms with Crippen molar-refractivity contribution >= 4 is 63.7 Å². The molecule has 2 aromatic heterocycles. The van der Waals surface area contributed by atoms with Crippen LogP contribution in [0, 0.1) is 12.3 Å². The second-order valence-electron chi connectivity index (χ2n) is 18.3. The first-order chi connectivity index (χ1) is 30.5. The monoisotopic (exact) mass is 880 g/mol. The number of fused-ring (bicyclic) bond motifs is 2. The fraction of sp³-hybridized carbons (Fsp3) is 0.543. The number of benzene rings is 2. The predicted octanol–water partition coefficient (Wildman–Crippen LogP) is 5.70. The van der Waals surface area contributed by atoms with Gasteiger partial charge in [0, 0.05) is 82.9 Å². The summed E-state index contributed by atoms with van der Waals surface area (Å²) in [5, 5.41) is 25.7. The minimum absolute atomic E-state index is 0.0132. The number of rotatable bonds is 11. The number of ether oxygens (including phenoxy) is 2. The van der Waals surface area contributed by atoms with Crippen LogP contribution in [0.3, 0.4) is 0 Å². The Bertz CT molecular complexity index is 2420. The lowest BCUT2D eigenvalue weighted by atomic mass is 9.61. The molecule has 63 heavy (non-hydrogen) atoms. The summed E-state index contributed by atoms with van der Waals surface area (Å²) < 4.78 is 13.9. The summed E-state index contributed by atoms with van der Waals surface area (Å²) in [6, 6.07) is 11.7. The second-order valence-corrected chi connectivity index (χ2v) is 18.7. The van der Waals surface area contributed by atoms with Gasteiger partial charge < -0.3 is 35.0 Å². The van der Waals surface area contributed by atoms with Crippen molar-refractivity contribution in [2.45, 2.75) is 102 Å². The Hall–Kier alpha value is -5.00. The Labute approximate surface area is 372 Å². The number of likely N-dealkylation sites (tertiary alicyclic amines) is 1. The molecule has 1 spiro atoms. The summed E-state index contributed by atoms with van der Waals surface area (Å²) in [7, 11) is 3.54. The van der Waals surface area contributed by atoms with E-state index in [2.05, 4.69) is 53.8 Å². The first-order valence-corrected chi connectivity index (χ1v) is 22.9. The van der Waals surface area contributed by atoms with E-state index in [0.717, 1.165) is 113 Å². The van der Waals surface area contributed by atoms with Gasteiger partial charge in [0.25, 0.3) is 5.91 Å². The van der Waals surface area contributed by atoms with Gasteiger partial charge >= 0.3 is 6.03 Å². The van der Waals surface area contributed by atoms with Gasteiger partial charge in [0.05, 0.1) is 46.9 Å². The number of methoxy groups -OCH3 is 1. The molecule has 0 bridgehead atoms. The number of halogens is 1. The number of aromatic nitrogens is 3. The van der Waals surface area contributed by atoms with Crippen molar-refractivity contribution < 1.29 is 29.0 Å². The predicted molar refractivity (Wildman–Crippen MR) is 240 cm³/mol. The van der Waals surface area contributed by atoms with Crippen molar-refractivity contribution in [2.75, 3.05) is 73.4 Å². The molecule has 2 saturated carbocycles. The molecule has 0 radical (unpaired) electrons. The number of imidazole rings is 1. The van der Waals surface area contributed by atoms with E-state index in [-0.39, 0.29) is 54.5 Å². The first kappa shape index (κ1) is 42.0. The molecule has 1 unspecified atom stereocenters. The van der Waals surface area contributed by atoms with E-state index in [1.54, 1.807) is 23.9 Å². The van der Waals surface area contributed by atoms with Crippen LogP contribution in [-0.2, 0) is 20.7 Å². The molecule has 6 aliphatic rings. The van der Waals surface area contributed by atoms with Gasteiger partial charge in [-0.05, 0) is 99.5 Å². The van der Waals surface area contributed by atoms with Crippen molar-refractivity contribution in [1.29, 1.82) is 0 Å². The molecule has 4 aromatic rings. The number of carbonyl (C=O) groups is 3. The third-order valence-corrected chi connectivity index (χ3v) is 15.2. The molecule has 3 atom stereocenters. The van der Waals surface area contributed by atoms with Gasteiger partial charge in [-0.15, -0.1) is 5.10 Å². The zero-order chi connectivity index (χ0) is 43.6. The highest BCUT2D eigenvalue weighted by Crippen LogP contribution is 2.52. The highest BCUT2D eigenvalue weighted by atomic mass is 35.5. The zero-order valence-corrected chi connectivity index (χ0v) is 37.0. The Morgan fingerprint density at radius 3 is 2.43 bits per heavy atom. The molecule has 334 valence electrons. The number of imide groups is 1. The summed E-state index contributed by atoms with van der Waals surface area (Å²) in [5.74, 6) is 0.252. The maximum absolute atomic E-state index is 13.4. The number of hydrogen-bond acceptors (Lipinski definition) is 12. The minimum Gasteiger partial charge on any atom is -0.385 e. The largest absolute Gasteiger partial charge is 0.385 e. The van der Waals surface area contributed by atoms with Crippen LogP contribution in [0.4, 0.5) is 33.4 Å². The van der Waals surface area contributed by atoms with Gasteiger partial charge in [-0.25, -0.2) is 14.3 Å². The summed E-state index contributed by atoms with van der Waals surface area (Å²) in [4.78, 5) is 50.7. The van der Waals surface area contributed by atoms with E-state index < -0.39 is 12.3 Å². The number of nitrogens with one attached hydrogen (secondary N) is 3. The van der Waals surface area contributed by atoms with Gasteiger partial charge in [-0.3, -0.25) is 24.7 Å². The standard InChI is InChI=1S/C46H57ClN10O6/c1-27-21-28(22-36(41(27)47)56-18-12-40(58)51-45(56)61)44(60)54-19-13-46(14-20-54)24-30(25-46)63-29-9-15-53(16-10-29)34-5-4-6-35-31(34)11-17-55(35)39-23-33(48-2)42-49-26-37(57(42)52-39)43(59)50-32-7-8-38(32)62-3/h4-6,21-23,26,29-30,32,38,44,48,60H,7-20,24-25H2,1-3H3,(H,50,59)(H,51,58,61)/t32-,38-,44?/m1/s1. The van der Waals surface area contributed by atoms with Gasteiger partial charge in [-0.1, -0.05) is 23.7 Å². The maximum atomic E-state index is 13.4. The molecule has 16 nitrogen and oxygen atoms in total. The van der Waals surface area contributed by atoms with Crippen LogP contribution < -0.4 is 30.7 Å². The van der Waals surface area contributed by atoms with Crippen LogP contribution in [0.1, 0.15) is 91.2 Å². The molecular weight excluding hydrogens is 824 g/mol. The number of aliphatic hydroxyl groups excluding tert-OH is 1. The Kier molecular flexibility index (Phi) is 11.2. The highest BCUT2D eigenvalue weighted by Gasteiger charge is 2.48. The van der Waals surface area contributed by atoms with Gasteiger partial charge in [0.2, 0.25) is 5.91 Å². The maximum Gasteiger partial charge on any atom is 0.328 e. The molecule has 2 aromatic carbocycles. The van der Waals surface area contributed by atoms with E-state index in [1.165, 1.54) is 16.2 Å². The molecule has 4 aliphatic heterocycles. The van der Waals surface area contributed by atoms with Crippen molar-refractivity contribution in [3.63, 3.8) is 0 Å². The zero-order valence-electron chi connectivity index (χ0n) is 36.2. The number of piperidine rings is 2. The van der Waals surface area contributed by atoms with E-state index in [0.29, 0.717) is 27.6 Å².